The Bertz CT molecular complexity index is 1200. The van der Waals surface area contributed by atoms with E-state index >= 15 is 0 Å². The number of aliphatic hydroxyl groups excluding tert-OH is 8. The number of carbonyl (C=O) groups excluding carboxylic acids is 1. The zero-order valence-electron chi connectivity index (χ0n) is 45.2. The summed E-state index contributed by atoms with van der Waals surface area (Å²) in [5.41, 5.74) is 0. The number of ether oxygens (including phenoxy) is 4. The summed E-state index contributed by atoms with van der Waals surface area (Å²) in [6.45, 7) is 2.89. The third kappa shape index (κ3) is 30.4. The van der Waals surface area contributed by atoms with Gasteiger partial charge in [0.15, 0.2) is 12.6 Å². The standard InChI is InChI=1S/C57H111NO13/c1-3-5-7-9-11-13-15-17-18-19-20-21-22-23-24-25-26-27-29-31-33-35-37-39-41-49(62)58-45(46(61)40-38-36-34-32-30-28-16-14-12-10-8-6-4-2)44-68-56-54(67)52(65)55(48(43-60)70-56)71-57-53(66)51(64)50(63)47(42-59)69-57/h45-48,50-57,59-61,63-67H,3-44H2,1-2H3,(H,58,62)/t45-,46+,47+,48+,50-,51?,52?,53?,54?,55+,56+,57-/m0/s1. The van der Waals surface area contributed by atoms with Gasteiger partial charge in [-0.05, 0) is 12.8 Å². The zero-order chi connectivity index (χ0) is 51.7. The molecule has 2 aliphatic rings. The SMILES string of the molecule is CCCCCCCCCCCCCCCCCCCCCCCCCCC(=O)N[C@@H](CO[C@@H]1O[C@H](CO)[C@@H](O[C@@H]2O[C@H](CO)[C@H](O)C(O)C2O)C(O)C1O)[C@H](O)CCCCCCCCCCCCCCC. The van der Waals surface area contributed by atoms with E-state index in [1.807, 2.05) is 0 Å². The molecule has 0 radical (unpaired) electrons. The number of hydrogen-bond donors (Lipinski definition) is 9. The molecule has 0 aromatic rings. The molecule has 4 unspecified atom stereocenters. The minimum atomic E-state index is -1.78. The number of nitrogens with one attached hydrogen (secondary N) is 1. The number of amides is 1. The van der Waals surface area contributed by atoms with Gasteiger partial charge in [0.25, 0.3) is 0 Å². The van der Waals surface area contributed by atoms with Crippen molar-refractivity contribution in [3.05, 3.63) is 0 Å². The van der Waals surface area contributed by atoms with Crippen molar-refractivity contribution in [3.63, 3.8) is 0 Å². The third-order valence-electron chi connectivity index (χ3n) is 15.1. The molecule has 0 aliphatic carbocycles. The predicted octanol–water partition coefficient (Wildman–Crippen LogP) is 9.73. The largest absolute Gasteiger partial charge is 0.394 e. The Labute approximate surface area is 432 Å². The molecule has 2 saturated heterocycles. The highest BCUT2D eigenvalue weighted by atomic mass is 16.7. The van der Waals surface area contributed by atoms with Gasteiger partial charge >= 0.3 is 0 Å². The first-order chi connectivity index (χ1) is 34.6. The van der Waals surface area contributed by atoms with Crippen LogP contribution in [0.15, 0.2) is 0 Å². The highest BCUT2D eigenvalue weighted by molar-refractivity contribution is 5.76. The van der Waals surface area contributed by atoms with Gasteiger partial charge in [0.05, 0.1) is 32.0 Å². The first-order valence-electron chi connectivity index (χ1n) is 29.8. The molecule has 0 saturated carbocycles. The van der Waals surface area contributed by atoms with Crippen LogP contribution in [0, 0.1) is 0 Å². The van der Waals surface area contributed by atoms with Gasteiger partial charge in [-0.2, -0.15) is 0 Å². The van der Waals surface area contributed by atoms with Crippen LogP contribution in [0.5, 0.6) is 0 Å². The van der Waals surface area contributed by atoms with E-state index in [1.165, 1.54) is 186 Å². The molecular weight excluding hydrogens is 907 g/mol. The van der Waals surface area contributed by atoms with E-state index < -0.39 is 86.8 Å². The molecule has 2 heterocycles. The van der Waals surface area contributed by atoms with E-state index in [2.05, 4.69) is 19.2 Å². The van der Waals surface area contributed by atoms with Crippen molar-refractivity contribution in [3.8, 4) is 0 Å². The zero-order valence-corrected chi connectivity index (χ0v) is 45.2. The van der Waals surface area contributed by atoms with Crippen LogP contribution in [0.25, 0.3) is 0 Å². The molecule has 12 atom stereocenters. The number of rotatable bonds is 48. The average molecular weight is 1020 g/mol. The quantitative estimate of drug-likeness (QED) is 0.0259. The summed E-state index contributed by atoms with van der Waals surface area (Å²) in [7, 11) is 0. The summed E-state index contributed by atoms with van der Waals surface area (Å²) in [5.74, 6) is -0.201. The topological polar surface area (TPSA) is 228 Å². The van der Waals surface area contributed by atoms with Gasteiger partial charge in [0.2, 0.25) is 5.91 Å². The van der Waals surface area contributed by atoms with Crippen molar-refractivity contribution in [1.29, 1.82) is 0 Å². The molecule has 9 N–H and O–H groups in total. The van der Waals surface area contributed by atoms with Gasteiger partial charge in [-0.25, -0.2) is 0 Å². The molecule has 1 amide bonds. The Morgan fingerprint density at radius 2 is 0.803 bits per heavy atom. The van der Waals surface area contributed by atoms with E-state index in [-0.39, 0.29) is 12.5 Å². The summed E-state index contributed by atoms with van der Waals surface area (Å²) in [4.78, 5) is 13.3. The molecule has 422 valence electrons. The Balaban J connectivity index is 1.71. The van der Waals surface area contributed by atoms with E-state index in [0.29, 0.717) is 12.8 Å². The van der Waals surface area contributed by atoms with Gasteiger partial charge < -0.3 is 65.1 Å². The normalized spacial score (nSPS) is 25.7. The van der Waals surface area contributed by atoms with Gasteiger partial charge in [0.1, 0.15) is 48.8 Å². The summed E-state index contributed by atoms with van der Waals surface area (Å²) < 4.78 is 22.8. The Hall–Kier alpha value is -1.01. The van der Waals surface area contributed by atoms with Crippen LogP contribution in [0.4, 0.5) is 0 Å². The highest BCUT2D eigenvalue weighted by Gasteiger charge is 2.51. The van der Waals surface area contributed by atoms with Crippen LogP contribution < -0.4 is 5.32 Å². The molecular formula is C57H111NO13. The summed E-state index contributed by atoms with van der Waals surface area (Å²) in [5, 5.41) is 87.1. The van der Waals surface area contributed by atoms with Crippen molar-refractivity contribution in [2.24, 2.45) is 0 Å². The number of unbranched alkanes of at least 4 members (excludes halogenated alkanes) is 35. The smallest absolute Gasteiger partial charge is 0.220 e. The van der Waals surface area contributed by atoms with Crippen molar-refractivity contribution < 1.29 is 64.6 Å². The monoisotopic (exact) mass is 1020 g/mol. The maximum absolute atomic E-state index is 13.3. The second kappa shape index (κ2) is 44.2. The van der Waals surface area contributed by atoms with Crippen LogP contribution in [-0.2, 0) is 23.7 Å². The molecule has 0 bridgehead atoms. The molecule has 2 fully saturated rings. The fourth-order valence-electron chi connectivity index (χ4n) is 10.2. The maximum Gasteiger partial charge on any atom is 0.220 e. The summed E-state index contributed by atoms with van der Waals surface area (Å²) >= 11 is 0. The lowest BCUT2D eigenvalue weighted by Crippen LogP contribution is -2.65. The van der Waals surface area contributed by atoms with Gasteiger partial charge in [-0.3, -0.25) is 4.79 Å². The van der Waals surface area contributed by atoms with Gasteiger partial charge in [-0.15, -0.1) is 0 Å². The first-order valence-corrected chi connectivity index (χ1v) is 29.8. The molecule has 0 spiro atoms. The molecule has 0 aromatic heterocycles. The van der Waals surface area contributed by atoms with E-state index in [1.54, 1.807) is 0 Å². The highest BCUT2D eigenvalue weighted by Crippen LogP contribution is 2.30. The van der Waals surface area contributed by atoms with Crippen LogP contribution in [0.3, 0.4) is 0 Å². The molecule has 2 rings (SSSR count). The van der Waals surface area contributed by atoms with Crippen LogP contribution in [0.1, 0.15) is 264 Å². The summed E-state index contributed by atoms with van der Waals surface area (Å²) in [6.07, 6.45) is 31.1. The first kappa shape index (κ1) is 66.1. The van der Waals surface area contributed by atoms with Gasteiger partial charge in [-0.1, -0.05) is 245 Å². The lowest BCUT2D eigenvalue weighted by atomic mass is 9.97. The predicted molar refractivity (Wildman–Crippen MR) is 282 cm³/mol. The third-order valence-corrected chi connectivity index (χ3v) is 15.1. The second-order valence-electron chi connectivity index (χ2n) is 21.5. The Morgan fingerprint density at radius 1 is 0.451 bits per heavy atom. The lowest BCUT2D eigenvalue weighted by molar-refractivity contribution is -0.359. The fourth-order valence-corrected chi connectivity index (χ4v) is 10.2. The molecule has 0 aromatic carbocycles. The summed E-state index contributed by atoms with van der Waals surface area (Å²) in [6, 6.07) is -0.821. The fraction of sp³-hybridized carbons (Fsp3) is 0.982. The average Bonchev–Trinajstić information content (AvgIpc) is 3.37. The Kier molecular flexibility index (Phi) is 41.1. The number of carbonyl (C=O) groups is 1. The minimum Gasteiger partial charge on any atom is -0.394 e. The Morgan fingerprint density at radius 3 is 1.20 bits per heavy atom. The van der Waals surface area contributed by atoms with Crippen LogP contribution in [-0.4, -0.2) is 140 Å². The second-order valence-corrected chi connectivity index (χ2v) is 21.5. The minimum absolute atomic E-state index is 0.201. The van der Waals surface area contributed by atoms with E-state index in [0.717, 1.165) is 51.4 Å². The molecule has 2 aliphatic heterocycles. The van der Waals surface area contributed by atoms with Crippen molar-refractivity contribution in [2.45, 2.75) is 338 Å². The van der Waals surface area contributed by atoms with Crippen LogP contribution >= 0.6 is 0 Å². The number of hydrogen-bond acceptors (Lipinski definition) is 13. The lowest BCUT2D eigenvalue weighted by Gasteiger charge is -2.46. The van der Waals surface area contributed by atoms with Crippen LogP contribution in [0.2, 0.25) is 0 Å². The van der Waals surface area contributed by atoms with E-state index in [9.17, 15) is 45.6 Å². The van der Waals surface area contributed by atoms with E-state index in [4.69, 9.17) is 18.9 Å². The van der Waals surface area contributed by atoms with Crippen molar-refractivity contribution in [1.82, 2.24) is 5.32 Å². The number of aliphatic hydroxyl groups is 8. The molecule has 71 heavy (non-hydrogen) atoms. The maximum atomic E-state index is 13.3. The molecule has 14 heteroatoms. The van der Waals surface area contributed by atoms with Crippen molar-refractivity contribution in [2.75, 3.05) is 19.8 Å². The molecule has 14 nitrogen and oxygen atoms in total. The van der Waals surface area contributed by atoms with Gasteiger partial charge in [0, 0.05) is 6.42 Å². The van der Waals surface area contributed by atoms with Crippen molar-refractivity contribution >= 4 is 5.91 Å².